The minimum absolute atomic E-state index is 0.152. The molecule has 0 saturated carbocycles. The topological polar surface area (TPSA) is 49.4 Å². The second-order valence-corrected chi connectivity index (χ2v) is 6.35. The molecule has 4 nitrogen and oxygen atoms in total. The highest BCUT2D eigenvalue weighted by molar-refractivity contribution is 8.00. The molecule has 6 heteroatoms. The average molecular weight is 296 g/mol. The summed E-state index contributed by atoms with van der Waals surface area (Å²) in [7, 11) is 0. The van der Waals surface area contributed by atoms with Crippen molar-refractivity contribution in [2.45, 2.75) is 24.3 Å². The minimum Gasteiger partial charge on any atom is -0.336 e. The van der Waals surface area contributed by atoms with Crippen molar-refractivity contribution in [2.75, 3.05) is 13.1 Å². The zero-order chi connectivity index (χ0) is 14.7. The Morgan fingerprint density at radius 1 is 1.40 bits per heavy atom. The summed E-state index contributed by atoms with van der Waals surface area (Å²) in [5, 5.41) is 2.05. The maximum Gasteiger partial charge on any atom is 0.324 e. The van der Waals surface area contributed by atoms with E-state index in [4.69, 9.17) is 0 Å². The third-order valence-electron chi connectivity index (χ3n) is 3.22. The molecular formula is C14H17FN2O2S. The van der Waals surface area contributed by atoms with Crippen molar-refractivity contribution in [1.82, 2.24) is 10.2 Å². The highest BCUT2D eigenvalue weighted by Crippen LogP contribution is 2.33. The first kappa shape index (κ1) is 14.8. The summed E-state index contributed by atoms with van der Waals surface area (Å²) >= 11 is 1.35. The zero-order valence-corrected chi connectivity index (χ0v) is 12.2. The second kappa shape index (κ2) is 6.26. The van der Waals surface area contributed by atoms with Crippen LogP contribution in [0.5, 0.6) is 0 Å². The molecule has 1 heterocycles. The summed E-state index contributed by atoms with van der Waals surface area (Å²) in [5.74, 6) is -0.501. The fourth-order valence-electron chi connectivity index (χ4n) is 2.14. The Morgan fingerprint density at radius 3 is 2.70 bits per heavy atom. The number of carbonyl (C=O) groups is 2. The number of nitrogens with zero attached hydrogens (tertiary/aromatic N) is 1. The van der Waals surface area contributed by atoms with Crippen LogP contribution in [-0.4, -0.2) is 35.2 Å². The summed E-state index contributed by atoms with van der Waals surface area (Å²) in [6.07, 6.45) is 0. The summed E-state index contributed by atoms with van der Waals surface area (Å²) in [4.78, 5) is 24.8. The van der Waals surface area contributed by atoms with E-state index in [9.17, 15) is 14.0 Å². The normalized spacial score (nSPS) is 17.8. The minimum atomic E-state index is -0.395. The first-order valence-corrected chi connectivity index (χ1v) is 7.44. The molecule has 1 aromatic rings. The second-order valence-electron chi connectivity index (χ2n) is 4.66. The molecular weight excluding hydrogens is 279 g/mol. The molecule has 1 N–H and O–H groups in total. The van der Waals surface area contributed by atoms with E-state index in [1.807, 2.05) is 6.92 Å². The van der Waals surface area contributed by atoms with Crippen LogP contribution in [0.4, 0.5) is 9.18 Å². The van der Waals surface area contributed by atoms with E-state index in [1.165, 1.54) is 22.7 Å². The standard InChI is InChI=1S/C14H17FN2O2S/c1-9(11-5-3-4-6-12(11)15)20-10(2)13(18)17-8-7-16-14(17)19/h3-6,9-10H,7-8H2,1-2H3,(H,16,19)/t9-,10-/m1/s1. The molecule has 3 amide bonds. The Kier molecular flexibility index (Phi) is 4.65. The van der Waals surface area contributed by atoms with Gasteiger partial charge in [-0.3, -0.25) is 9.69 Å². The highest BCUT2D eigenvalue weighted by Gasteiger charge is 2.31. The predicted molar refractivity (Wildman–Crippen MR) is 77.0 cm³/mol. The maximum atomic E-state index is 13.7. The first-order valence-electron chi connectivity index (χ1n) is 6.50. The molecule has 108 valence electrons. The highest BCUT2D eigenvalue weighted by atomic mass is 32.2. The van der Waals surface area contributed by atoms with Gasteiger partial charge in [0, 0.05) is 23.9 Å². The van der Waals surface area contributed by atoms with Gasteiger partial charge in [0.25, 0.3) is 0 Å². The van der Waals surface area contributed by atoms with Gasteiger partial charge in [0.15, 0.2) is 0 Å². The molecule has 1 saturated heterocycles. The Bertz CT molecular complexity index is 524. The van der Waals surface area contributed by atoms with Crippen LogP contribution in [0, 0.1) is 5.82 Å². The van der Waals surface area contributed by atoms with Gasteiger partial charge in [0.1, 0.15) is 5.82 Å². The van der Waals surface area contributed by atoms with Crippen LogP contribution < -0.4 is 5.32 Å². The van der Waals surface area contributed by atoms with Gasteiger partial charge >= 0.3 is 6.03 Å². The number of halogens is 1. The monoisotopic (exact) mass is 296 g/mol. The van der Waals surface area contributed by atoms with Crippen LogP contribution in [0.3, 0.4) is 0 Å². The lowest BCUT2D eigenvalue weighted by Crippen LogP contribution is -2.39. The lowest BCUT2D eigenvalue weighted by atomic mass is 10.1. The molecule has 0 aromatic heterocycles. The fourth-order valence-corrected chi connectivity index (χ4v) is 3.34. The summed E-state index contributed by atoms with van der Waals surface area (Å²) in [6.45, 7) is 4.49. The number of rotatable bonds is 4. The van der Waals surface area contributed by atoms with E-state index >= 15 is 0 Å². The molecule has 0 spiro atoms. The number of imide groups is 1. The van der Waals surface area contributed by atoms with Gasteiger partial charge < -0.3 is 5.32 Å². The van der Waals surface area contributed by atoms with E-state index in [-0.39, 0.29) is 23.0 Å². The van der Waals surface area contributed by atoms with Crippen molar-refractivity contribution in [3.8, 4) is 0 Å². The van der Waals surface area contributed by atoms with Crippen LogP contribution >= 0.6 is 11.8 Å². The number of hydrogen-bond donors (Lipinski definition) is 1. The maximum absolute atomic E-state index is 13.7. The molecule has 1 aliphatic rings. The Hall–Kier alpha value is -1.56. The molecule has 1 aromatic carbocycles. The molecule has 0 bridgehead atoms. The molecule has 2 rings (SSSR count). The van der Waals surface area contributed by atoms with Gasteiger partial charge in [0.2, 0.25) is 5.91 Å². The van der Waals surface area contributed by atoms with Crippen molar-refractivity contribution < 1.29 is 14.0 Å². The van der Waals surface area contributed by atoms with E-state index in [0.29, 0.717) is 18.7 Å². The quantitative estimate of drug-likeness (QED) is 0.929. The van der Waals surface area contributed by atoms with Gasteiger partial charge in [0.05, 0.1) is 5.25 Å². The van der Waals surface area contributed by atoms with Gasteiger partial charge in [-0.25, -0.2) is 9.18 Å². The molecule has 2 atom stereocenters. The van der Waals surface area contributed by atoms with Gasteiger partial charge in [-0.05, 0) is 19.9 Å². The van der Waals surface area contributed by atoms with Crippen LogP contribution in [0.2, 0.25) is 0 Å². The number of amides is 3. The molecule has 1 fully saturated rings. The largest absolute Gasteiger partial charge is 0.336 e. The van der Waals surface area contributed by atoms with Crippen molar-refractivity contribution in [3.63, 3.8) is 0 Å². The third-order valence-corrected chi connectivity index (χ3v) is 4.49. The predicted octanol–water partition coefficient (Wildman–Crippen LogP) is 2.56. The van der Waals surface area contributed by atoms with Gasteiger partial charge in [-0.15, -0.1) is 11.8 Å². The van der Waals surface area contributed by atoms with Crippen LogP contribution in [0.1, 0.15) is 24.7 Å². The molecule has 1 aliphatic heterocycles. The number of hydrogen-bond acceptors (Lipinski definition) is 3. The number of nitrogens with one attached hydrogen (secondary N) is 1. The summed E-state index contributed by atoms with van der Waals surface area (Å²) in [5.41, 5.74) is 0.572. The van der Waals surface area contributed by atoms with Crippen molar-refractivity contribution in [3.05, 3.63) is 35.6 Å². The number of urea groups is 1. The fraction of sp³-hybridized carbons (Fsp3) is 0.429. The van der Waals surface area contributed by atoms with Crippen molar-refractivity contribution in [2.24, 2.45) is 0 Å². The Balaban J connectivity index is 2.00. The van der Waals surface area contributed by atoms with Gasteiger partial charge in [-0.2, -0.15) is 0 Å². The third kappa shape index (κ3) is 3.12. The summed E-state index contributed by atoms with van der Waals surface area (Å²) in [6, 6.07) is 6.19. The van der Waals surface area contributed by atoms with E-state index < -0.39 is 5.25 Å². The number of benzene rings is 1. The van der Waals surface area contributed by atoms with Crippen molar-refractivity contribution >= 4 is 23.7 Å². The smallest absolute Gasteiger partial charge is 0.324 e. The molecule has 0 aliphatic carbocycles. The molecule has 0 unspecified atom stereocenters. The number of carbonyl (C=O) groups excluding carboxylic acids is 2. The SMILES string of the molecule is C[C@@H](S[C@H](C)c1ccccc1F)C(=O)N1CCNC1=O. The Labute approximate surface area is 121 Å². The first-order chi connectivity index (χ1) is 9.50. The average Bonchev–Trinajstić information content (AvgIpc) is 2.84. The molecule has 0 radical (unpaired) electrons. The van der Waals surface area contributed by atoms with Crippen molar-refractivity contribution in [1.29, 1.82) is 0 Å². The lowest BCUT2D eigenvalue weighted by Gasteiger charge is -2.21. The van der Waals surface area contributed by atoms with Crippen LogP contribution in [0.25, 0.3) is 0 Å². The zero-order valence-electron chi connectivity index (χ0n) is 11.4. The Morgan fingerprint density at radius 2 is 2.10 bits per heavy atom. The summed E-state index contributed by atoms with van der Waals surface area (Å²) < 4.78 is 13.7. The van der Waals surface area contributed by atoms with E-state index in [1.54, 1.807) is 25.1 Å². The molecule has 20 heavy (non-hydrogen) atoms. The van der Waals surface area contributed by atoms with Crippen LogP contribution in [0.15, 0.2) is 24.3 Å². The van der Waals surface area contributed by atoms with Crippen LogP contribution in [-0.2, 0) is 4.79 Å². The van der Waals surface area contributed by atoms with E-state index in [2.05, 4.69) is 5.32 Å². The van der Waals surface area contributed by atoms with E-state index in [0.717, 1.165) is 0 Å². The lowest BCUT2D eigenvalue weighted by molar-refractivity contribution is -0.126. The van der Waals surface area contributed by atoms with Gasteiger partial charge in [-0.1, -0.05) is 18.2 Å². The number of thioether (sulfide) groups is 1.